The van der Waals surface area contributed by atoms with Crippen LogP contribution in [0.1, 0.15) is 12.0 Å². The van der Waals surface area contributed by atoms with E-state index in [-0.39, 0.29) is 0 Å². The van der Waals surface area contributed by atoms with Gasteiger partial charge in [0.05, 0.1) is 0 Å². The molecular formula is C11H13N3. The Morgan fingerprint density at radius 2 is 2.07 bits per heavy atom. The predicted octanol–water partition coefficient (Wildman–Crippen LogP) is 1.10. The number of aromatic nitrogens is 2. The smallest absolute Gasteiger partial charge is 0.115 e. The van der Waals surface area contributed by atoms with Gasteiger partial charge in [-0.1, -0.05) is 6.08 Å². The number of hydrogen-bond donors (Lipinski definition) is 1. The maximum Gasteiger partial charge on any atom is 0.115 e. The van der Waals surface area contributed by atoms with Gasteiger partial charge in [0.1, 0.15) is 6.33 Å². The van der Waals surface area contributed by atoms with Crippen LogP contribution in [0.15, 0.2) is 24.8 Å². The van der Waals surface area contributed by atoms with Gasteiger partial charge in [0, 0.05) is 31.0 Å². The molecule has 1 aromatic rings. The van der Waals surface area contributed by atoms with Crippen molar-refractivity contribution in [1.29, 1.82) is 0 Å². The molecule has 1 N–H and O–H groups in total. The Labute approximate surface area is 83.3 Å². The van der Waals surface area contributed by atoms with Crippen LogP contribution in [0.3, 0.4) is 0 Å². The Balaban J connectivity index is 1.96. The fraction of sp³-hybridized carbons (Fsp3) is 0.455. The summed E-state index contributed by atoms with van der Waals surface area (Å²) in [6.07, 6.45) is 9.11. The van der Waals surface area contributed by atoms with Crippen molar-refractivity contribution in [3.8, 4) is 0 Å². The van der Waals surface area contributed by atoms with Crippen molar-refractivity contribution in [2.45, 2.75) is 6.42 Å². The Morgan fingerprint density at radius 3 is 2.86 bits per heavy atom. The highest BCUT2D eigenvalue weighted by atomic mass is 14.9. The summed E-state index contributed by atoms with van der Waals surface area (Å²) >= 11 is 0. The molecule has 0 saturated carbocycles. The zero-order valence-corrected chi connectivity index (χ0v) is 7.98. The molecule has 2 atom stereocenters. The molecule has 0 radical (unpaired) electrons. The van der Waals surface area contributed by atoms with Crippen molar-refractivity contribution in [2.24, 2.45) is 11.8 Å². The lowest BCUT2D eigenvalue weighted by atomic mass is 9.94. The van der Waals surface area contributed by atoms with E-state index in [0.29, 0.717) is 5.92 Å². The Kier molecular flexibility index (Phi) is 1.84. The number of hydrogen-bond acceptors (Lipinski definition) is 3. The van der Waals surface area contributed by atoms with Crippen LogP contribution in [0.25, 0.3) is 5.57 Å². The normalized spacial score (nSPS) is 30.1. The van der Waals surface area contributed by atoms with E-state index in [4.69, 9.17) is 0 Å². The highest BCUT2D eigenvalue weighted by molar-refractivity contribution is 5.69. The third kappa shape index (κ3) is 1.24. The molecular weight excluding hydrogens is 174 g/mol. The Bertz CT molecular complexity index is 358. The maximum atomic E-state index is 4.07. The fourth-order valence-electron chi connectivity index (χ4n) is 2.51. The van der Waals surface area contributed by atoms with Crippen molar-refractivity contribution < 1.29 is 0 Å². The average Bonchev–Trinajstić information content (AvgIpc) is 2.55. The summed E-state index contributed by atoms with van der Waals surface area (Å²) in [5.74, 6) is 1.41. The highest BCUT2D eigenvalue weighted by Gasteiger charge is 2.30. The van der Waals surface area contributed by atoms with E-state index in [9.17, 15) is 0 Å². The van der Waals surface area contributed by atoms with Crippen LogP contribution in [0.2, 0.25) is 0 Å². The summed E-state index contributed by atoms with van der Waals surface area (Å²) < 4.78 is 0. The molecule has 2 aliphatic rings. The van der Waals surface area contributed by atoms with E-state index >= 15 is 0 Å². The minimum Gasteiger partial charge on any atom is -0.316 e. The van der Waals surface area contributed by atoms with E-state index < -0.39 is 0 Å². The monoisotopic (exact) mass is 187 g/mol. The van der Waals surface area contributed by atoms with Crippen LogP contribution in [0.5, 0.6) is 0 Å². The maximum absolute atomic E-state index is 4.07. The zero-order chi connectivity index (χ0) is 9.38. The molecule has 2 heterocycles. The third-order valence-corrected chi connectivity index (χ3v) is 3.13. The summed E-state index contributed by atoms with van der Waals surface area (Å²) in [7, 11) is 0. The standard InChI is InChI=1S/C11H13N3/c1-8-2-11(9(1)4-12-3-8)10-5-13-7-14-6-10/h2,5-9,12H,1,3-4H2. The van der Waals surface area contributed by atoms with Crippen LogP contribution in [0, 0.1) is 11.8 Å². The number of fused-ring (bicyclic) bond motifs is 2. The summed E-state index contributed by atoms with van der Waals surface area (Å²) in [4.78, 5) is 8.14. The van der Waals surface area contributed by atoms with E-state index in [2.05, 4.69) is 21.4 Å². The van der Waals surface area contributed by atoms with Crippen LogP contribution in [0.4, 0.5) is 0 Å². The second kappa shape index (κ2) is 3.17. The lowest BCUT2D eigenvalue weighted by molar-refractivity contribution is 0.407. The molecule has 2 unspecified atom stereocenters. The molecule has 2 bridgehead atoms. The SMILES string of the molecule is C1=C(c2cncnc2)C2CNCC1C2. The summed E-state index contributed by atoms with van der Waals surface area (Å²) in [6.45, 7) is 2.24. The molecule has 1 saturated heterocycles. The van der Waals surface area contributed by atoms with Crippen molar-refractivity contribution in [3.63, 3.8) is 0 Å². The first-order valence-corrected chi connectivity index (χ1v) is 5.11. The first kappa shape index (κ1) is 8.12. The van der Waals surface area contributed by atoms with Gasteiger partial charge in [0.25, 0.3) is 0 Å². The summed E-state index contributed by atoms with van der Waals surface area (Å²) in [5.41, 5.74) is 2.64. The van der Waals surface area contributed by atoms with E-state index in [0.717, 1.165) is 19.0 Å². The van der Waals surface area contributed by atoms with E-state index in [1.54, 1.807) is 6.33 Å². The lowest BCUT2D eigenvalue weighted by Gasteiger charge is -2.21. The van der Waals surface area contributed by atoms with Gasteiger partial charge in [0.15, 0.2) is 0 Å². The molecule has 1 fully saturated rings. The summed E-state index contributed by atoms with van der Waals surface area (Å²) in [5, 5.41) is 3.45. The number of piperidine rings is 1. The van der Waals surface area contributed by atoms with E-state index in [1.807, 2.05) is 12.4 Å². The van der Waals surface area contributed by atoms with Crippen LogP contribution in [-0.4, -0.2) is 23.1 Å². The molecule has 3 heteroatoms. The second-order valence-electron chi connectivity index (χ2n) is 4.10. The second-order valence-corrected chi connectivity index (χ2v) is 4.10. The van der Waals surface area contributed by atoms with Gasteiger partial charge in [-0.2, -0.15) is 0 Å². The van der Waals surface area contributed by atoms with Crippen LogP contribution in [-0.2, 0) is 0 Å². The lowest BCUT2D eigenvalue weighted by Crippen LogP contribution is -2.31. The van der Waals surface area contributed by atoms with Crippen molar-refractivity contribution in [1.82, 2.24) is 15.3 Å². The van der Waals surface area contributed by atoms with Crippen molar-refractivity contribution >= 4 is 5.57 Å². The van der Waals surface area contributed by atoms with Gasteiger partial charge in [-0.25, -0.2) is 9.97 Å². The number of rotatable bonds is 1. The zero-order valence-electron chi connectivity index (χ0n) is 7.98. The molecule has 0 aromatic carbocycles. The van der Waals surface area contributed by atoms with Gasteiger partial charge < -0.3 is 5.32 Å². The summed E-state index contributed by atoms with van der Waals surface area (Å²) in [6, 6.07) is 0. The molecule has 3 rings (SSSR count). The Morgan fingerprint density at radius 1 is 1.21 bits per heavy atom. The van der Waals surface area contributed by atoms with Gasteiger partial charge in [-0.05, 0) is 23.8 Å². The largest absolute Gasteiger partial charge is 0.316 e. The molecule has 14 heavy (non-hydrogen) atoms. The molecule has 1 aliphatic heterocycles. The molecule has 3 nitrogen and oxygen atoms in total. The van der Waals surface area contributed by atoms with E-state index in [1.165, 1.54) is 17.6 Å². The van der Waals surface area contributed by atoms with Crippen LogP contribution < -0.4 is 5.32 Å². The predicted molar refractivity (Wildman–Crippen MR) is 54.5 cm³/mol. The minimum absolute atomic E-state index is 0.680. The van der Waals surface area contributed by atoms with Gasteiger partial charge in [-0.3, -0.25) is 0 Å². The molecule has 72 valence electrons. The van der Waals surface area contributed by atoms with Gasteiger partial charge in [0.2, 0.25) is 0 Å². The number of nitrogens with one attached hydrogen (secondary N) is 1. The first-order valence-electron chi connectivity index (χ1n) is 5.11. The fourth-order valence-corrected chi connectivity index (χ4v) is 2.51. The first-order chi connectivity index (χ1) is 6.93. The molecule has 0 amide bonds. The number of nitrogens with zero attached hydrogens (tertiary/aromatic N) is 2. The highest BCUT2D eigenvalue weighted by Crippen LogP contribution is 2.38. The average molecular weight is 187 g/mol. The van der Waals surface area contributed by atoms with Gasteiger partial charge >= 0.3 is 0 Å². The van der Waals surface area contributed by atoms with Crippen molar-refractivity contribution in [2.75, 3.05) is 13.1 Å². The topological polar surface area (TPSA) is 37.8 Å². The quantitative estimate of drug-likeness (QED) is 0.715. The van der Waals surface area contributed by atoms with Crippen LogP contribution >= 0.6 is 0 Å². The Hall–Kier alpha value is -1.22. The molecule has 0 spiro atoms. The molecule has 1 aromatic heterocycles. The minimum atomic E-state index is 0.680. The van der Waals surface area contributed by atoms with Crippen molar-refractivity contribution in [3.05, 3.63) is 30.4 Å². The van der Waals surface area contributed by atoms with Gasteiger partial charge in [-0.15, -0.1) is 0 Å². The third-order valence-electron chi connectivity index (χ3n) is 3.13. The molecule has 1 aliphatic carbocycles.